The fourth-order valence-corrected chi connectivity index (χ4v) is 2.62. The number of hydrogen-bond acceptors (Lipinski definition) is 3. The summed E-state index contributed by atoms with van der Waals surface area (Å²) in [5.74, 6) is 0.356. The van der Waals surface area contributed by atoms with E-state index < -0.39 is 6.61 Å². The van der Waals surface area contributed by atoms with Crippen molar-refractivity contribution in [3.8, 4) is 5.75 Å². The molecule has 3 N–H and O–H groups in total. The van der Waals surface area contributed by atoms with Crippen LogP contribution in [-0.4, -0.2) is 18.6 Å². The standard InChI is InChI=1S/C15H20F2N2O2/c16-15(17)21-12-6-4-10(5-7-12)9-19-14(20)8-11-2-1-3-13(11)18/h4-7,11,13,15H,1-3,8-9,18H2,(H,19,20)/t11-,13+/m0/s1. The molecule has 2 rings (SSSR count). The highest BCUT2D eigenvalue weighted by molar-refractivity contribution is 5.76. The highest BCUT2D eigenvalue weighted by atomic mass is 19.3. The Morgan fingerprint density at radius 1 is 1.33 bits per heavy atom. The van der Waals surface area contributed by atoms with Gasteiger partial charge >= 0.3 is 6.61 Å². The van der Waals surface area contributed by atoms with E-state index in [1.807, 2.05) is 0 Å². The van der Waals surface area contributed by atoms with Gasteiger partial charge in [0, 0.05) is 19.0 Å². The first-order valence-corrected chi connectivity index (χ1v) is 7.10. The molecular weight excluding hydrogens is 278 g/mol. The van der Waals surface area contributed by atoms with Crippen molar-refractivity contribution in [2.75, 3.05) is 0 Å². The lowest BCUT2D eigenvalue weighted by Crippen LogP contribution is -2.31. The number of carbonyl (C=O) groups excluding carboxylic acids is 1. The Bertz CT molecular complexity index is 465. The van der Waals surface area contributed by atoms with Gasteiger partial charge in [-0.1, -0.05) is 18.6 Å². The number of nitrogens with two attached hydrogens (primary N) is 1. The van der Waals surface area contributed by atoms with E-state index in [9.17, 15) is 13.6 Å². The summed E-state index contributed by atoms with van der Waals surface area (Å²) in [5.41, 5.74) is 6.77. The van der Waals surface area contributed by atoms with E-state index in [4.69, 9.17) is 5.73 Å². The second-order valence-electron chi connectivity index (χ2n) is 5.36. The molecule has 1 aromatic rings. The largest absolute Gasteiger partial charge is 0.435 e. The summed E-state index contributed by atoms with van der Waals surface area (Å²) < 4.78 is 28.3. The smallest absolute Gasteiger partial charge is 0.387 e. The van der Waals surface area contributed by atoms with E-state index in [1.54, 1.807) is 12.1 Å². The SMILES string of the molecule is N[C@@H]1CCC[C@H]1CC(=O)NCc1ccc(OC(F)F)cc1. The Hall–Kier alpha value is -1.69. The van der Waals surface area contributed by atoms with Crippen molar-refractivity contribution in [1.29, 1.82) is 0 Å². The van der Waals surface area contributed by atoms with Gasteiger partial charge in [0.1, 0.15) is 5.75 Å². The molecule has 0 unspecified atom stereocenters. The maximum Gasteiger partial charge on any atom is 0.387 e. The normalized spacial score (nSPS) is 21.5. The molecule has 0 spiro atoms. The summed E-state index contributed by atoms with van der Waals surface area (Å²) in [6.07, 6.45) is 3.54. The lowest BCUT2D eigenvalue weighted by Gasteiger charge is -2.14. The molecule has 6 heteroatoms. The number of rotatable bonds is 6. The Labute approximate surface area is 122 Å². The fraction of sp³-hybridized carbons (Fsp3) is 0.533. The molecule has 0 aliphatic heterocycles. The average molecular weight is 298 g/mol. The maximum absolute atomic E-state index is 12.0. The van der Waals surface area contributed by atoms with Gasteiger partial charge in [-0.2, -0.15) is 8.78 Å². The van der Waals surface area contributed by atoms with Crippen LogP contribution in [0.1, 0.15) is 31.2 Å². The van der Waals surface area contributed by atoms with Crippen molar-refractivity contribution in [3.05, 3.63) is 29.8 Å². The van der Waals surface area contributed by atoms with E-state index in [-0.39, 0.29) is 23.6 Å². The molecule has 116 valence electrons. The summed E-state index contributed by atoms with van der Waals surface area (Å²) in [6, 6.07) is 6.35. The van der Waals surface area contributed by atoms with Gasteiger partial charge in [0.05, 0.1) is 0 Å². The average Bonchev–Trinajstić information content (AvgIpc) is 2.83. The third-order valence-corrected chi connectivity index (χ3v) is 3.80. The van der Waals surface area contributed by atoms with Crippen molar-refractivity contribution >= 4 is 5.91 Å². The zero-order valence-electron chi connectivity index (χ0n) is 11.7. The Kier molecular flexibility index (Phi) is 5.50. The highest BCUT2D eigenvalue weighted by Crippen LogP contribution is 2.26. The number of amides is 1. The van der Waals surface area contributed by atoms with Gasteiger partial charge in [-0.3, -0.25) is 4.79 Å². The molecule has 0 heterocycles. The molecule has 2 atom stereocenters. The van der Waals surface area contributed by atoms with Crippen LogP contribution in [0.15, 0.2) is 24.3 Å². The lowest BCUT2D eigenvalue weighted by atomic mass is 10.00. The van der Waals surface area contributed by atoms with E-state index in [1.165, 1.54) is 12.1 Å². The van der Waals surface area contributed by atoms with Crippen LogP contribution in [0.2, 0.25) is 0 Å². The van der Waals surface area contributed by atoms with Crippen molar-refractivity contribution in [3.63, 3.8) is 0 Å². The van der Waals surface area contributed by atoms with Gasteiger partial charge in [0.2, 0.25) is 5.91 Å². The summed E-state index contributed by atoms with van der Waals surface area (Å²) in [4.78, 5) is 11.8. The van der Waals surface area contributed by atoms with Crippen LogP contribution in [0.4, 0.5) is 8.78 Å². The van der Waals surface area contributed by atoms with Crippen LogP contribution < -0.4 is 15.8 Å². The molecule has 0 bridgehead atoms. The first kappa shape index (κ1) is 15.7. The predicted molar refractivity (Wildman–Crippen MR) is 74.9 cm³/mol. The zero-order chi connectivity index (χ0) is 15.2. The van der Waals surface area contributed by atoms with Crippen molar-refractivity contribution in [2.45, 2.75) is 44.9 Å². The highest BCUT2D eigenvalue weighted by Gasteiger charge is 2.25. The minimum atomic E-state index is -2.83. The Morgan fingerprint density at radius 3 is 2.62 bits per heavy atom. The van der Waals surface area contributed by atoms with Crippen molar-refractivity contribution < 1.29 is 18.3 Å². The maximum atomic E-state index is 12.0. The molecular formula is C15H20F2N2O2. The number of nitrogens with one attached hydrogen (secondary N) is 1. The Morgan fingerprint density at radius 2 is 2.05 bits per heavy atom. The number of hydrogen-bond donors (Lipinski definition) is 2. The van der Waals surface area contributed by atoms with Crippen LogP contribution in [0.3, 0.4) is 0 Å². The van der Waals surface area contributed by atoms with Crippen LogP contribution in [0, 0.1) is 5.92 Å². The van der Waals surface area contributed by atoms with Crippen LogP contribution >= 0.6 is 0 Å². The summed E-state index contributed by atoms with van der Waals surface area (Å²) >= 11 is 0. The number of alkyl halides is 2. The fourth-order valence-electron chi connectivity index (χ4n) is 2.62. The molecule has 1 saturated carbocycles. The molecule has 0 saturated heterocycles. The molecule has 1 aliphatic rings. The molecule has 4 nitrogen and oxygen atoms in total. The number of halogens is 2. The van der Waals surface area contributed by atoms with Gasteiger partial charge < -0.3 is 15.8 Å². The van der Waals surface area contributed by atoms with E-state index in [0.717, 1.165) is 24.8 Å². The summed E-state index contributed by atoms with van der Waals surface area (Å²) in [7, 11) is 0. The molecule has 1 amide bonds. The second kappa shape index (κ2) is 7.36. The summed E-state index contributed by atoms with van der Waals surface area (Å²) in [6.45, 7) is -2.46. The lowest BCUT2D eigenvalue weighted by molar-refractivity contribution is -0.122. The molecule has 1 fully saturated rings. The topological polar surface area (TPSA) is 64.4 Å². The molecule has 1 aliphatic carbocycles. The monoisotopic (exact) mass is 298 g/mol. The molecule has 0 radical (unpaired) electrons. The first-order chi connectivity index (χ1) is 10.0. The van der Waals surface area contributed by atoms with Gasteiger partial charge in [0.15, 0.2) is 0 Å². The van der Waals surface area contributed by atoms with E-state index in [0.29, 0.717) is 13.0 Å². The van der Waals surface area contributed by atoms with Gasteiger partial charge in [-0.25, -0.2) is 0 Å². The molecule has 1 aromatic carbocycles. The second-order valence-corrected chi connectivity index (χ2v) is 5.36. The molecule has 0 aromatic heterocycles. The molecule has 21 heavy (non-hydrogen) atoms. The van der Waals surface area contributed by atoms with E-state index >= 15 is 0 Å². The number of carbonyl (C=O) groups is 1. The minimum Gasteiger partial charge on any atom is -0.435 e. The first-order valence-electron chi connectivity index (χ1n) is 7.10. The van der Waals surface area contributed by atoms with Crippen molar-refractivity contribution in [2.24, 2.45) is 11.7 Å². The number of benzene rings is 1. The quantitative estimate of drug-likeness (QED) is 0.847. The summed E-state index contributed by atoms with van der Waals surface area (Å²) in [5, 5.41) is 2.82. The zero-order valence-corrected chi connectivity index (χ0v) is 11.7. The minimum absolute atomic E-state index is 0.0229. The van der Waals surface area contributed by atoms with E-state index in [2.05, 4.69) is 10.1 Å². The third-order valence-electron chi connectivity index (χ3n) is 3.80. The van der Waals surface area contributed by atoms with Crippen molar-refractivity contribution in [1.82, 2.24) is 5.32 Å². The van der Waals surface area contributed by atoms with Gasteiger partial charge in [-0.05, 0) is 36.5 Å². The van der Waals surface area contributed by atoms with Crippen LogP contribution in [0.25, 0.3) is 0 Å². The van der Waals surface area contributed by atoms with Crippen LogP contribution in [-0.2, 0) is 11.3 Å². The predicted octanol–water partition coefficient (Wildman–Crippen LogP) is 2.42. The van der Waals surface area contributed by atoms with Gasteiger partial charge in [-0.15, -0.1) is 0 Å². The van der Waals surface area contributed by atoms with Crippen LogP contribution in [0.5, 0.6) is 5.75 Å². The third kappa shape index (κ3) is 4.97. The Balaban J connectivity index is 1.75. The number of ether oxygens (including phenoxy) is 1. The van der Waals surface area contributed by atoms with Gasteiger partial charge in [0.25, 0.3) is 0 Å².